The summed E-state index contributed by atoms with van der Waals surface area (Å²) in [6.07, 6.45) is 3.00. The van der Waals surface area contributed by atoms with Gasteiger partial charge < -0.3 is 25.3 Å². The van der Waals surface area contributed by atoms with Crippen molar-refractivity contribution in [3.05, 3.63) is 71.4 Å². The van der Waals surface area contributed by atoms with Crippen LogP contribution in [0.25, 0.3) is 22.4 Å². The third-order valence-electron chi connectivity index (χ3n) is 6.86. The van der Waals surface area contributed by atoms with Crippen molar-refractivity contribution in [2.75, 3.05) is 25.5 Å². The van der Waals surface area contributed by atoms with Crippen LogP contribution in [0.5, 0.6) is 5.75 Å². The van der Waals surface area contributed by atoms with Crippen molar-refractivity contribution in [3.63, 3.8) is 0 Å². The van der Waals surface area contributed by atoms with Crippen molar-refractivity contribution < 1.29 is 9.53 Å². The first-order valence-electron chi connectivity index (χ1n) is 12.5. The Morgan fingerprint density at radius 1 is 1.14 bits per heavy atom. The summed E-state index contributed by atoms with van der Waals surface area (Å²) in [6, 6.07) is 19.2. The number of aromatic amines is 1. The van der Waals surface area contributed by atoms with Crippen molar-refractivity contribution in [2.24, 2.45) is 0 Å². The lowest BCUT2D eigenvalue weighted by Gasteiger charge is -2.44. The molecule has 1 saturated heterocycles. The number of hydrogen-bond donors (Lipinski definition) is 3. The number of halogens is 1. The SMILES string of the molecule is CNC(=O)N1CCCC[C@@]1(C)CNc1nc(-c2ccccc2)nc2[nH]c(COc3cccc(Cl)c3)cc12. The second-order valence-electron chi connectivity index (χ2n) is 9.58. The molecule has 0 unspecified atom stereocenters. The fourth-order valence-electron chi connectivity index (χ4n) is 4.83. The number of aromatic nitrogens is 3. The van der Waals surface area contributed by atoms with E-state index in [1.807, 2.05) is 59.5 Å². The van der Waals surface area contributed by atoms with E-state index in [2.05, 4.69) is 22.5 Å². The number of likely N-dealkylation sites (tertiary alicyclic amines) is 1. The number of piperidine rings is 1. The number of carbonyl (C=O) groups excluding carboxylic acids is 1. The monoisotopic (exact) mass is 518 g/mol. The molecule has 192 valence electrons. The van der Waals surface area contributed by atoms with Gasteiger partial charge in [0.1, 0.15) is 23.8 Å². The first-order chi connectivity index (χ1) is 17.9. The smallest absolute Gasteiger partial charge is 0.317 e. The third-order valence-corrected chi connectivity index (χ3v) is 7.10. The number of amides is 2. The van der Waals surface area contributed by atoms with Gasteiger partial charge in [0, 0.05) is 30.7 Å². The van der Waals surface area contributed by atoms with Crippen LogP contribution in [0.3, 0.4) is 0 Å². The number of benzene rings is 2. The number of carbonyl (C=O) groups is 1. The van der Waals surface area contributed by atoms with Crippen molar-refractivity contribution in [1.29, 1.82) is 0 Å². The second kappa shape index (κ2) is 10.7. The van der Waals surface area contributed by atoms with Crippen molar-refractivity contribution >= 4 is 34.5 Å². The quantitative estimate of drug-likeness (QED) is 0.285. The Hall–Kier alpha value is -3.78. The lowest BCUT2D eigenvalue weighted by atomic mass is 9.88. The molecule has 0 spiro atoms. The van der Waals surface area contributed by atoms with Crippen molar-refractivity contribution in [3.8, 4) is 17.1 Å². The molecule has 1 aliphatic rings. The lowest BCUT2D eigenvalue weighted by Crippen LogP contribution is -2.58. The van der Waals surface area contributed by atoms with E-state index < -0.39 is 0 Å². The molecule has 1 fully saturated rings. The summed E-state index contributed by atoms with van der Waals surface area (Å²) >= 11 is 6.09. The first kappa shape index (κ1) is 24.9. The summed E-state index contributed by atoms with van der Waals surface area (Å²) in [4.78, 5) is 27.6. The Bertz CT molecular complexity index is 1390. The van der Waals surface area contributed by atoms with Crippen LogP contribution in [0.15, 0.2) is 60.7 Å². The predicted molar refractivity (Wildman–Crippen MR) is 147 cm³/mol. The minimum atomic E-state index is -0.336. The van der Waals surface area contributed by atoms with Gasteiger partial charge in [0.2, 0.25) is 0 Å². The molecule has 0 saturated carbocycles. The molecule has 2 aromatic heterocycles. The molecule has 0 bridgehead atoms. The number of urea groups is 1. The van der Waals surface area contributed by atoms with E-state index >= 15 is 0 Å². The number of anilines is 1. The number of ether oxygens (including phenoxy) is 1. The minimum absolute atomic E-state index is 0.0519. The Morgan fingerprint density at radius 3 is 2.76 bits per heavy atom. The van der Waals surface area contributed by atoms with Gasteiger partial charge in [0.25, 0.3) is 0 Å². The van der Waals surface area contributed by atoms with E-state index in [9.17, 15) is 4.79 Å². The number of fused-ring (bicyclic) bond motifs is 1. The van der Waals surface area contributed by atoms with Crippen LogP contribution >= 0.6 is 11.6 Å². The van der Waals surface area contributed by atoms with E-state index in [1.54, 1.807) is 13.1 Å². The summed E-state index contributed by atoms with van der Waals surface area (Å²) < 4.78 is 5.95. The highest BCUT2D eigenvalue weighted by molar-refractivity contribution is 6.30. The second-order valence-corrected chi connectivity index (χ2v) is 10.0. The number of nitrogens with one attached hydrogen (secondary N) is 3. The summed E-state index contributed by atoms with van der Waals surface area (Å²) in [6.45, 7) is 3.77. The van der Waals surface area contributed by atoms with Gasteiger partial charge in [0.05, 0.1) is 16.6 Å². The molecule has 0 aliphatic carbocycles. The van der Waals surface area contributed by atoms with Crippen LogP contribution < -0.4 is 15.4 Å². The van der Waals surface area contributed by atoms with Crippen molar-refractivity contribution in [2.45, 2.75) is 38.3 Å². The van der Waals surface area contributed by atoms with Gasteiger partial charge in [-0.15, -0.1) is 0 Å². The van der Waals surface area contributed by atoms with E-state index in [-0.39, 0.29) is 11.6 Å². The molecule has 9 heteroatoms. The molecule has 37 heavy (non-hydrogen) atoms. The normalized spacial score (nSPS) is 17.5. The highest BCUT2D eigenvalue weighted by Crippen LogP contribution is 2.31. The molecule has 4 aromatic rings. The standard InChI is InChI=1S/C28H31ClN6O2/c1-28(13-6-7-14-35(28)27(36)30-2)18-31-25-23-16-21(17-37-22-12-8-11-20(29)15-22)32-26(23)34-24(33-25)19-9-4-3-5-10-19/h3-5,8-12,15-16H,6-7,13-14,17-18H2,1-2H3,(H,30,36)(H2,31,32,33,34)/t28-/m0/s1. The molecule has 3 N–H and O–H groups in total. The zero-order valence-electron chi connectivity index (χ0n) is 21.1. The minimum Gasteiger partial charge on any atom is -0.487 e. The fraction of sp³-hybridized carbons (Fsp3) is 0.321. The molecule has 2 amide bonds. The predicted octanol–water partition coefficient (Wildman–Crippen LogP) is 5.85. The molecule has 5 rings (SSSR count). The molecule has 1 aliphatic heterocycles. The van der Waals surface area contributed by atoms with Crippen LogP contribution in [0.2, 0.25) is 5.02 Å². The van der Waals surface area contributed by atoms with E-state index in [0.29, 0.717) is 29.7 Å². The van der Waals surface area contributed by atoms with E-state index in [0.717, 1.165) is 53.9 Å². The molecular formula is C28H31ClN6O2. The maximum atomic E-state index is 12.6. The lowest BCUT2D eigenvalue weighted by molar-refractivity contribution is 0.0993. The van der Waals surface area contributed by atoms with E-state index in [1.165, 1.54) is 0 Å². The zero-order chi connectivity index (χ0) is 25.8. The number of rotatable bonds is 7. The van der Waals surface area contributed by atoms with Crippen LogP contribution in [0.1, 0.15) is 31.9 Å². The highest BCUT2D eigenvalue weighted by Gasteiger charge is 2.37. The first-order valence-corrected chi connectivity index (χ1v) is 12.9. The molecule has 0 radical (unpaired) electrons. The maximum Gasteiger partial charge on any atom is 0.317 e. The molecule has 1 atom stereocenters. The highest BCUT2D eigenvalue weighted by atomic mass is 35.5. The number of hydrogen-bond acceptors (Lipinski definition) is 5. The van der Waals surface area contributed by atoms with Crippen LogP contribution in [-0.4, -0.2) is 51.6 Å². The van der Waals surface area contributed by atoms with E-state index in [4.69, 9.17) is 26.3 Å². The zero-order valence-corrected chi connectivity index (χ0v) is 21.8. The van der Waals surface area contributed by atoms with Gasteiger partial charge in [0.15, 0.2) is 5.82 Å². The summed E-state index contributed by atoms with van der Waals surface area (Å²) in [5.41, 5.74) is 2.18. The van der Waals surface area contributed by atoms with Gasteiger partial charge in [-0.2, -0.15) is 0 Å². The van der Waals surface area contributed by atoms with Crippen LogP contribution in [-0.2, 0) is 6.61 Å². The van der Waals surface area contributed by atoms with Gasteiger partial charge in [-0.05, 0) is 50.5 Å². The average Bonchev–Trinajstić information content (AvgIpc) is 3.34. The van der Waals surface area contributed by atoms with Crippen LogP contribution in [0.4, 0.5) is 10.6 Å². The Kier molecular flexibility index (Phi) is 7.19. The van der Waals surface area contributed by atoms with Gasteiger partial charge in [-0.25, -0.2) is 14.8 Å². The van der Waals surface area contributed by atoms with Crippen LogP contribution in [0, 0.1) is 0 Å². The molecule has 2 aromatic carbocycles. The summed E-state index contributed by atoms with van der Waals surface area (Å²) in [5, 5.41) is 7.85. The van der Waals surface area contributed by atoms with Gasteiger partial charge in [-0.1, -0.05) is 48.0 Å². The Balaban J connectivity index is 1.45. The Labute approximate surface area is 221 Å². The molecule has 3 heterocycles. The summed E-state index contributed by atoms with van der Waals surface area (Å²) in [7, 11) is 1.68. The van der Waals surface area contributed by atoms with Gasteiger partial charge >= 0.3 is 6.03 Å². The fourth-order valence-corrected chi connectivity index (χ4v) is 5.01. The third kappa shape index (κ3) is 5.49. The average molecular weight is 519 g/mol. The summed E-state index contributed by atoms with van der Waals surface area (Å²) in [5.74, 6) is 2.04. The topological polar surface area (TPSA) is 95.2 Å². The molecular weight excluding hydrogens is 488 g/mol. The van der Waals surface area contributed by atoms with Crippen molar-refractivity contribution in [1.82, 2.24) is 25.2 Å². The molecule has 8 nitrogen and oxygen atoms in total. The van der Waals surface area contributed by atoms with Gasteiger partial charge in [-0.3, -0.25) is 0 Å². The number of H-pyrrole nitrogens is 1. The Morgan fingerprint density at radius 2 is 1.97 bits per heavy atom. The number of nitrogens with zero attached hydrogens (tertiary/aromatic N) is 3. The largest absolute Gasteiger partial charge is 0.487 e. The maximum absolute atomic E-state index is 12.6.